The highest BCUT2D eigenvalue weighted by atomic mass is 16.5. The van der Waals surface area contributed by atoms with E-state index in [1.165, 1.54) is 0 Å². The number of ether oxygens (including phenoxy) is 1. The molecule has 0 aliphatic heterocycles. The fourth-order valence-corrected chi connectivity index (χ4v) is 3.52. The number of fused-ring (bicyclic) bond motifs is 1. The minimum absolute atomic E-state index is 0.0613. The Morgan fingerprint density at radius 3 is 2.74 bits per heavy atom. The molecule has 4 rings (SSSR count). The van der Waals surface area contributed by atoms with Gasteiger partial charge in [-0.1, -0.05) is 30.3 Å². The number of anilines is 1. The van der Waals surface area contributed by atoms with Gasteiger partial charge in [-0.05, 0) is 49.6 Å². The number of hydrogen-bond acceptors (Lipinski definition) is 4. The van der Waals surface area contributed by atoms with Crippen LogP contribution in [-0.2, 0) is 22.5 Å². The minimum atomic E-state index is -0.0613. The molecule has 0 aliphatic carbocycles. The van der Waals surface area contributed by atoms with Crippen LogP contribution in [0.4, 0.5) is 5.95 Å². The van der Waals surface area contributed by atoms with Gasteiger partial charge < -0.3 is 9.30 Å². The molecule has 0 saturated heterocycles. The third-order valence-corrected chi connectivity index (χ3v) is 5.08. The van der Waals surface area contributed by atoms with Crippen LogP contribution in [0.25, 0.3) is 16.7 Å². The van der Waals surface area contributed by atoms with Crippen molar-refractivity contribution in [2.45, 2.75) is 32.7 Å². The number of para-hydroxylation sites is 3. The number of benzene rings is 2. The van der Waals surface area contributed by atoms with E-state index in [0.717, 1.165) is 35.2 Å². The number of aromatic nitrogens is 4. The van der Waals surface area contributed by atoms with Gasteiger partial charge in [0, 0.05) is 32.4 Å². The first-order chi connectivity index (χ1) is 15.2. The van der Waals surface area contributed by atoms with Crippen molar-refractivity contribution >= 4 is 22.9 Å². The molecule has 1 N–H and O–H groups in total. The van der Waals surface area contributed by atoms with Crippen LogP contribution in [0.1, 0.15) is 25.3 Å². The highest BCUT2D eigenvalue weighted by Crippen LogP contribution is 2.20. The van der Waals surface area contributed by atoms with Gasteiger partial charge in [0.2, 0.25) is 11.9 Å². The van der Waals surface area contributed by atoms with Crippen LogP contribution in [0.2, 0.25) is 0 Å². The molecule has 0 bridgehead atoms. The van der Waals surface area contributed by atoms with E-state index in [9.17, 15) is 4.79 Å². The number of amides is 1. The summed E-state index contributed by atoms with van der Waals surface area (Å²) in [4.78, 5) is 17.3. The van der Waals surface area contributed by atoms with E-state index >= 15 is 0 Å². The van der Waals surface area contributed by atoms with Crippen molar-refractivity contribution in [2.24, 2.45) is 0 Å². The third-order valence-electron chi connectivity index (χ3n) is 5.08. The van der Waals surface area contributed by atoms with Gasteiger partial charge in [-0.15, -0.1) is 0 Å². The lowest BCUT2D eigenvalue weighted by molar-refractivity contribution is -0.116. The normalized spacial score (nSPS) is 11.1. The van der Waals surface area contributed by atoms with Crippen LogP contribution in [-0.4, -0.2) is 38.5 Å². The zero-order chi connectivity index (χ0) is 21.5. The maximum absolute atomic E-state index is 12.7. The topological polar surface area (TPSA) is 74.0 Å². The van der Waals surface area contributed by atoms with Crippen LogP contribution in [0, 0.1) is 0 Å². The molecule has 0 saturated carbocycles. The number of aryl methyl sites for hydroxylation is 2. The van der Waals surface area contributed by atoms with E-state index in [0.29, 0.717) is 32.0 Å². The number of carbonyl (C=O) groups excluding carboxylic acids is 1. The Kier molecular flexibility index (Phi) is 6.74. The third kappa shape index (κ3) is 5.19. The summed E-state index contributed by atoms with van der Waals surface area (Å²) in [6.07, 6.45) is 5.61. The average molecular weight is 418 g/mol. The van der Waals surface area contributed by atoms with E-state index in [1.54, 1.807) is 0 Å². The number of nitrogens with zero attached hydrogens (tertiary/aromatic N) is 4. The van der Waals surface area contributed by atoms with E-state index < -0.39 is 0 Å². The number of hydrogen-bond donors (Lipinski definition) is 1. The molecule has 2 heterocycles. The second-order valence-corrected chi connectivity index (χ2v) is 7.30. The molecular formula is C24H27N5O2. The molecule has 7 nitrogen and oxygen atoms in total. The lowest BCUT2D eigenvalue weighted by Gasteiger charge is -2.10. The summed E-state index contributed by atoms with van der Waals surface area (Å²) in [7, 11) is 0. The molecule has 7 heteroatoms. The van der Waals surface area contributed by atoms with Crippen molar-refractivity contribution < 1.29 is 9.53 Å². The fraction of sp³-hybridized carbons (Fsp3) is 0.292. The molecule has 0 spiro atoms. The lowest BCUT2D eigenvalue weighted by atomic mass is 10.2. The molecule has 31 heavy (non-hydrogen) atoms. The van der Waals surface area contributed by atoms with Gasteiger partial charge in [0.1, 0.15) is 0 Å². The van der Waals surface area contributed by atoms with Gasteiger partial charge >= 0.3 is 0 Å². The van der Waals surface area contributed by atoms with Crippen LogP contribution >= 0.6 is 0 Å². The van der Waals surface area contributed by atoms with Gasteiger partial charge in [0.25, 0.3) is 0 Å². The van der Waals surface area contributed by atoms with Crippen LogP contribution in [0.3, 0.4) is 0 Å². The summed E-state index contributed by atoms with van der Waals surface area (Å²) in [5, 5.41) is 7.39. The molecule has 160 valence electrons. The molecule has 0 aliphatic rings. The van der Waals surface area contributed by atoms with Crippen molar-refractivity contribution in [1.82, 2.24) is 19.3 Å². The summed E-state index contributed by atoms with van der Waals surface area (Å²) in [6.45, 7) is 4.11. The van der Waals surface area contributed by atoms with Gasteiger partial charge in [0.05, 0.1) is 22.9 Å². The predicted molar refractivity (Wildman–Crippen MR) is 121 cm³/mol. The van der Waals surface area contributed by atoms with Gasteiger partial charge in [-0.25, -0.2) is 9.67 Å². The maximum Gasteiger partial charge on any atom is 0.227 e. The SMILES string of the molecule is CCOCCCn1c(NC(=O)CCc2cnn(-c3ccccc3)c2)nc2ccccc21. The summed E-state index contributed by atoms with van der Waals surface area (Å²) in [5.74, 6) is 0.525. The average Bonchev–Trinajstić information content (AvgIpc) is 3.41. The van der Waals surface area contributed by atoms with Gasteiger partial charge in [-0.3, -0.25) is 10.1 Å². The van der Waals surface area contributed by atoms with Crippen LogP contribution in [0.15, 0.2) is 67.0 Å². The summed E-state index contributed by atoms with van der Waals surface area (Å²) < 4.78 is 9.34. The molecule has 0 atom stereocenters. The summed E-state index contributed by atoms with van der Waals surface area (Å²) in [6, 6.07) is 17.9. The van der Waals surface area contributed by atoms with Crippen molar-refractivity contribution in [3.8, 4) is 5.69 Å². The number of rotatable bonds is 10. The predicted octanol–water partition coefficient (Wildman–Crippen LogP) is 4.22. The Hall–Kier alpha value is -3.45. The Morgan fingerprint density at radius 2 is 1.90 bits per heavy atom. The maximum atomic E-state index is 12.7. The first-order valence-corrected chi connectivity index (χ1v) is 10.7. The first-order valence-electron chi connectivity index (χ1n) is 10.7. The number of nitrogens with one attached hydrogen (secondary N) is 1. The monoisotopic (exact) mass is 417 g/mol. The molecular weight excluding hydrogens is 390 g/mol. The van der Waals surface area contributed by atoms with Crippen LogP contribution in [0.5, 0.6) is 0 Å². The van der Waals surface area contributed by atoms with Crippen molar-refractivity contribution in [2.75, 3.05) is 18.5 Å². The minimum Gasteiger partial charge on any atom is -0.382 e. The summed E-state index contributed by atoms with van der Waals surface area (Å²) in [5.41, 5.74) is 3.90. The van der Waals surface area contributed by atoms with Crippen molar-refractivity contribution in [3.63, 3.8) is 0 Å². The van der Waals surface area contributed by atoms with Crippen molar-refractivity contribution in [1.29, 1.82) is 0 Å². The standard InChI is InChI=1S/C24H27N5O2/c1-2-31-16-8-15-28-22-12-7-6-11-21(22)26-24(28)27-23(30)14-13-19-17-25-29(18-19)20-9-4-3-5-10-20/h3-7,9-12,17-18H,2,8,13-16H2,1H3,(H,26,27,30). The largest absolute Gasteiger partial charge is 0.382 e. The van der Waals surface area contributed by atoms with E-state index in [1.807, 2.05) is 78.6 Å². The highest BCUT2D eigenvalue weighted by Gasteiger charge is 2.13. The van der Waals surface area contributed by atoms with Gasteiger partial charge in [-0.2, -0.15) is 5.10 Å². The molecule has 4 aromatic rings. The Labute approximate surface area is 181 Å². The Morgan fingerprint density at radius 1 is 1.10 bits per heavy atom. The zero-order valence-corrected chi connectivity index (χ0v) is 17.7. The number of imidazole rings is 1. The zero-order valence-electron chi connectivity index (χ0n) is 17.7. The second kappa shape index (κ2) is 10.0. The van der Waals surface area contributed by atoms with E-state index in [-0.39, 0.29) is 5.91 Å². The molecule has 0 radical (unpaired) electrons. The molecule has 2 aromatic heterocycles. The first kappa shape index (κ1) is 20.8. The highest BCUT2D eigenvalue weighted by molar-refractivity contribution is 5.91. The Bertz CT molecular complexity index is 1130. The van der Waals surface area contributed by atoms with Crippen LogP contribution < -0.4 is 5.32 Å². The fourth-order valence-electron chi connectivity index (χ4n) is 3.52. The molecule has 1 amide bonds. The summed E-state index contributed by atoms with van der Waals surface area (Å²) >= 11 is 0. The molecule has 0 fully saturated rings. The number of carbonyl (C=O) groups is 1. The smallest absolute Gasteiger partial charge is 0.227 e. The van der Waals surface area contributed by atoms with Gasteiger partial charge in [0.15, 0.2) is 0 Å². The molecule has 2 aromatic carbocycles. The quantitative estimate of drug-likeness (QED) is 0.392. The van der Waals surface area contributed by atoms with E-state index in [4.69, 9.17) is 4.74 Å². The van der Waals surface area contributed by atoms with Crippen molar-refractivity contribution in [3.05, 3.63) is 72.6 Å². The molecule has 0 unspecified atom stereocenters. The Balaban J connectivity index is 1.40. The van der Waals surface area contributed by atoms with E-state index in [2.05, 4.69) is 20.0 Å². The lowest BCUT2D eigenvalue weighted by Crippen LogP contribution is -2.17. The second-order valence-electron chi connectivity index (χ2n) is 7.30.